The Morgan fingerprint density at radius 2 is 1.90 bits per heavy atom. The van der Waals surface area contributed by atoms with Gasteiger partial charge in [-0.05, 0) is 50.9 Å². The minimum Gasteiger partial charge on any atom is -0.310 e. The normalized spacial score (nSPS) is 13.7. The first-order valence-electron chi connectivity index (χ1n) is 7.26. The summed E-state index contributed by atoms with van der Waals surface area (Å²) < 4.78 is 27.0. The standard InChI is InChI=1S/C15H26N2O2S/c1-5-10-16-15(6-2)13-8-7-9-14(11-13)20(18,19)17-12(3)4/h7-9,11-12,15-17H,5-6,10H2,1-4H3. The third-order valence-corrected chi connectivity index (χ3v) is 4.67. The van der Waals surface area contributed by atoms with Crippen LogP contribution in [0.4, 0.5) is 0 Å². The van der Waals surface area contributed by atoms with Gasteiger partial charge in [-0.25, -0.2) is 13.1 Å². The van der Waals surface area contributed by atoms with E-state index < -0.39 is 10.0 Å². The average molecular weight is 298 g/mol. The topological polar surface area (TPSA) is 58.2 Å². The quantitative estimate of drug-likeness (QED) is 0.776. The van der Waals surface area contributed by atoms with Crippen LogP contribution >= 0.6 is 0 Å². The molecule has 0 fully saturated rings. The summed E-state index contributed by atoms with van der Waals surface area (Å²) in [6.07, 6.45) is 1.99. The van der Waals surface area contributed by atoms with Crippen molar-refractivity contribution in [2.75, 3.05) is 6.54 Å². The highest BCUT2D eigenvalue weighted by Crippen LogP contribution is 2.20. The van der Waals surface area contributed by atoms with Gasteiger partial charge in [0.2, 0.25) is 10.0 Å². The third-order valence-electron chi connectivity index (χ3n) is 3.01. The zero-order chi connectivity index (χ0) is 15.2. The fourth-order valence-corrected chi connectivity index (χ4v) is 3.40. The second kappa shape index (κ2) is 7.76. The van der Waals surface area contributed by atoms with Gasteiger partial charge >= 0.3 is 0 Å². The molecule has 0 saturated carbocycles. The van der Waals surface area contributed by atoms with Crippen LogP contribution in [0.15, 0.2) is 29.2 Å². The Bertz CT molecular complexity index is 512. The highest BCUT2D eigenvalue weighted by Gasteiger charge is 2.17. The molecule has 0 bridgehead atoms. The van der Waals surface area contributed by atoms with Crippen LogP contribution in [0.5, 0.6) is 0 Å². The summed E-state index contributed by atoms with van der Waals surface area (Å²) in [5, 5.41) is 3.44. The van der Waals surface area contributed by atoms with Gasteiger partial charge < -0.3 is 5.32 Å². The molecule has 0 spiro atoms. The molecular weight excluding hydrogens is 272 g/mol. The van der Waals surface area contributed by atoms with Crippen molar-refractivity contribution in [2.24, 2.45) is 0 Å². The first-order valence-corrected chi connectivity index (χ1v) is 8.74. The molecule has 0 aliphatic heterocycles. The third kappa shape index (κ3) is 4.89. The van der Waals surface area contributed by atoms with Gasteiger partial charge in [0.05, 0.1) is 4.90 Å². The van der Waals surface area contributed by atoms with Gasteiger partial charge in [-0.1, -0.05) is 26.0 Å². The van der Waals surface area contributed by atoms with E-state index in [2.05, 4.69) is 23.9 Å². The Morgan fingerprint density at radius 3 is 2.45 bits per heavy atom. The molecule has 2 N–H and O–H groups in total. The molecule has 0 saturated heterocycles. The van der Waals surface area contributed by atoms with Gasteiger partial charge in [-0.3, -0.25) is 0 Å². The van der Waals surface area contributed by atoms with Crippen LogP contribution in [-0.2, 0) is 10.0 Å². The molecule has 1 aromatic rings. The van der Waals surface area contributed by atoms with E-state index in [-0.39, 0.29) is 12.1 Å². The second-order valence-corrected chi connectivity index (χ2v) is 6.98. The zero-order valence-corrected chi connectivity index (χ0v) is 13.6. The zero-order valence-electron chi connectivity index (χ0n) is 12.8. The molecule has 0 heterocycles. The lowest BCUT2D eigenvalue weighted by Gasteiger charge is -2.18. The highest BCUT2D eigenvalue weighted by molar-refractivity contribution is 7.89. The summed E-state index contributed by atoms with van der Waals surface area (Å²) in [7, 11) is -3.42. The minimum atomic E-state index is -3.42. The summed E-state index contributed by atoms with van der Waals surface area (Å²) in [4.78, 5) is 0.334. The van der Waals surface area contributed by atoms with Crippen molar-refractivity contribution in [1.82, 2.24) is 10.0 Å². The van der Waals surface area contributed by atoms with Crippen LogP contribution in [0.3, 0.4) is 0 Å². The van der Waals surface area contributed by atoms with Crippen molar-refractivity contribution in [3.63, 3.8) is 0 Å². The minimum absolute atomic E-state index is 0.108. The highest BCUT2D eigenvalue weighted by atomic mass is 32.2. The predicted octanol–water partition coefficient (Wildman–Crippen LogP) is 2.82. The fraction of sp³-hybridized carbons (Fsp3) is 0.600. The summed E-state index contributed by atoms with van der Waals surface area (Å²) in [6, 6.07) is 7.28. The largest absolute Gasteiger partial charge is 0.310 e. The molecule has 0 aliphatic rings. The van der Waals surface area contributed by atoms with Crippen LogP contribution in [0.1, 0.15) is 52.1 Å². The van der Waals surface area contributed by atoms with E-state index in [1.807, 2.05) is 19.9 Å². The Hall–Kier alpha value is -0.910. The van der Waals surface area contributed by atoms with E-state index in [1.165, 1.54) is 0 Å². The average Bonchev–Trinajstić information content (AvgIpc) is 2.38. The van der Waals surface area contributed by atoms with Gasteiger partial charge in [0.1, 0.15) is 0 Å². The number of benzene rings is 1. The fourth-order valence-electron chi connectivity index (χ4n) is 2.09. The van der Waals surface area contributed by atoms with E-state index in [0.717, 1.165) is 24.9 Å². The van der Waals surface area contributed by atoms with Crippen molar-refractivity contribution in [2.45, 2.75) is 57.5 Å². The maximum Gasteiger partial charge on any atom is 0.240 e. The Balaban J connectivity index is 3.00. The van der Waals surface area contributed by atoms with E-state index in [1.54, 1.807) is 18.2 Å². The molecule has 0 aliphatic carbocycles. The van der Waals surface area contributed by atoms with Crippen molar-refractivity contribution in [3.05, 3.63) is 29.8 Å². The predicted molar refractivity (Wildman–Crippen MR) is 83.2 cm³/mol. The number of hydrogen-bond acceptors (Lipinski definition) is 3. The second-order valence-electron chi connectivity index (χ2n) is 5.26. The molecule has 1 atom stereocenters. The molecule has 0 radical (unpaired) electrons. The lowest BCUT2D eigenvalue weighted by molar-refractivity contribution is 0.517. The first-order chi connectivity index (χ1) is 9.40. The molecule has 114 valence electrons. The molecule has 1 rings (SSSR count). The van der Waals surface area contributed by atoms with Crippen molar-refractivity contribution < 1.29 is 8.42 Å². The van der Waals surface area contributed by atoms with Crippen LogP contribution in [0.25, 0.3) is 0 Å². The summed E-state index contributed by atoms with van der Waals surface area (Å²) in [5.74, 6) is 0. The number of hydrogen-bond donors (Lipinski definition) is 2. The Morgan fingerprint density at radius 1 is 1.20 bits per heavy atom. The monoisotopic (exact) mass is 298 g/mol. The first kappa shape index (κ1) is 17.1. The smallest absolute Gasteiger partial charge is 0.240 e. The van der Waals surface area contributed by atoms with Crippen LogP contribution < -0.4 is 10.0 Å². The van der Waals surface area contributed by atoms with Crippen LogP contribution in [0.2, 0.25) is 0 Å². The molecule has 1 unspecified atom stereocenters. The molecular formula is C15H26N2O2S. The SMILES string of the molecule is CCCNC(CC)c1cccc(S(=O)(=O)NC(C)C)c1. The van der Waals surface area contributed by atoms with Crippen LogP contribution in [0, 0.1) is 0 Å². The number of nitrogens with one attached hydrogen (secondary N) is 2. The molecule has 5 heteroatoms. The van der Waals surface area contributed by atoms with Crippen molar-refractivity contribution in [3.8, 4) is 0 Å². The lowest BCUT2D eigenvalue weighted by atomic mass is 10.0. The van der Waals surface area contributed by atoms with E-state index >= 15 is 0 Å². The molecule has 1 aromatic carbocycles. The summed E-state index contributed by atoms with van der Waals surface area (Å²) >= 11 is 0. The molecule has 0 aromatic heterocycles. The number of rotatable bonds is 8. The molecule has 20 heavy (non-hydrogen) atoms. The lowest BCUT2D eigenvalue weighted by Crippen LogP contribution is -2.30. The van der Waals surface area contributed by atoms with Gasteiger partial charge in [0.15, 0.2) is 0 Å². The van der Waals surface area contributed by atoms with Gasteiger partial charge in [0, 0.05) is 12.1 Å². The van der Waals surface area contributed by atoms with E-state index in [0.29, 0.717) is 4.90 Å². The number of sulfonamides is 1. The maximum atomic E-state index is 12.2. The molecule has 4 nitrogen and oxygen atoms in total. The van der Waals surface area contributed by atoms with E-state index in [9.17, 15) is 8.42 Å². The summed E-state index contributed by atoms with van der Waals surface area (Å²) in [6.45, 7) is 8.78. The van der Waals surface area contributed by atoms with E-state index in [4.69, 9.17) is 0 Å². The van der Waals surface area contributed by atoms with Crippen molar-refractivity contribution >= 4 is 10.0 Å². The maximum absolute atomic E-state index is 12.2. The van der Waals surface area contributed by atoms with Gasteiger partial charge in [-0.15, -0.1) is 0 Å². The van der Waals surface area contributed by atoms with Crippen LogP contribution in [-0.4, -0.2) is 21.0 Å². The van der Waals surface area contributed by atoms with Gasteiger partial charge in [-0.2, -0.15) is 0 Å². The summed E-state index contributed by atoms with van der Waals surface area (Å²) in [5.41, 5.74) is 1.02. The Labute approximate surface area is 123 Å². The Kier molecular flexibility index (Phi) is 6.65. The van der Waals surface area contributed by atoms with Gasteiger partial charge in [0.25, 0.3) is 0 Å². The van der Waals surface area contributed by atoms with Crippen molar-refractivity contribution in [1.29, 1.82) is 0 Å². The molecule has 0 amide bonds.